The third kappa shape index (κ3) is 3.29. The molecule has 3 heteroatoms. The highest BCUT2D eigenvalue weighted by Crippen LogP contribution is 2.33. The van der Waals surface area contributed by atoms with Gasteiger partial charge in [-0.15, -0.1) is 0 Å². The summed E-state index contributed by atoms with van der Waals surface area (Å²) in [5, 5.41) is 10.5. The van der Waals surface area contributed by atoms with E-state index in [1.54, 1.807) is 18.2 Å². The Bertz CT molecular complexity index is 591. The Hall–Kier alpha value is -1.49. The number of halogens is 2. The third-order valence-electron chi connectivity index (χ3n) is 3.06. The van der Waals surface area contributed by atoms with Gasteiger partial charge in [-0.25, -0.2) is 0 Å². The molecule has 1 nitrogen and oxygen atoms in total. The van der Waals surface area contributed by atoms with Crippen molar-refractivity contribution < 1.29 is 0 Å². The largest absolute Gasteiger partial charge is 0.198 e. The fourth-order valence-electron chi connectivity index (χ4n) is 2.02. The first-order valence-corrected chi connectivity index (χ1v) is 6.76. The van der Waals surface area contributed by atoms with Crippen LogP contribution in [0.15, 0.2) is 42.5 Å². The summed E-state index contributed by atoms with van der Waals surface area (Å²) in [5.74, 6) is -0.330. The van der Waals surface area contributed by atoms with Crippen molar-refractivity contribution >= 4 is 23.2 Å². The highest BCUT2D eigenvalue weighted by Gasteiger charge is 2.18. The van der Waals surface area contributed by atoms with E-state index in [1.165, 1.54) is 5.56 Å². The van der Waals surface area contributed by atoms with Gasteiger partial charge in [0.25, 0.3) is 0 Å². The van der Waals surface area contributed by atoms with Crippen LogP contribution >= 0.6 is 23.2 Å². The van der Waals surface area contributed by atoms with Crippen LogP contribution < -0.4 is 0 Å². The second-order valence-corrected chi connectivity index (χ2v) is 5.32. The molecular weight excluding hydrogens is 277 g/mol. The standard InChI is InChI=1S/C16H13Cl2N/c1-11-5-7-12(8-6-11)9-13(10-19)16-14(17)3-2-4-15(16)18/h2-8,13H,9H2,1H3. The molecule has 0 aromatic heterocycles. The highest BCUT2D eigenvalue weighted by atomic mass is 35.5. The van der Waals surface area contributed by atoms with Gasteiger partial charge in [-0.3, -0.25) is 0 Å². The molecule has 2 aromatic carbocycles. The van der Waals surface area contributed by atoms with Crippen molar-refractivity contribution in [2.45, 2.75) is 19.3 Å². The molecule has 19 heavy (non-hydrogen) atoms. The van der Waals surface area contributed by atoms with E-state index in [9.17, 15) is 5.26 Å². The second-order valence-electron chi connectivity index (χ2n) is 4.51. The van der Waals surface area contributed by atoms with E-state index >= 15 is 0 Å². The van der Waals surface area contributed by atoms with Crippen molar-refractivity contribution in [2.75, 3.05) is 0 Å². The molecule has 0 heterocycles. The molecule has 1 unspecified atom stereocenters. The lowest BCUT2D eigenvalue weighted by atomic mass is 9.93. The number of rotatable bonds is 3. The quantitative estimate of drug-likeness (QED) is 0.766. The number of hydrogen-bond acceptors (Lipinski definition) is 1. The first-order valence-electron chi connectivity index (χ1n) is 6.01. The lowest BCUT2D eigenvalue weighted by molar-refractivity contribution is 0.849. The van der Waals surface area contributed by atoms with Crippen LogP contribution in [0.2, 0.25) is 10.0 Å². The van der Waals surface area contributed by atoms with Crippen LogP contribution in [0.5, 0.6) is 0 Å². The van der Waals surface area contributed by atoms with E-state index in [-0.39, 0.29) is 5.92 Å². The lowest BCUT2D eigenvalue weighted by Gasteiger charge is -2.13. The number of aryl methyl sites for hydroxylation is 1. The zero-order chi connectivity index (χ0) is 13.8. The fraction of sp³-hybridized carbons (Fsp3) is 0.188. The molecule has 0 aliphatic rings. The van der Waals surface area contributed by atoms with Gasteiger partial charge in [0, 0.05) is 15.6 Å². The van der Waals surface area contributed by atoms with Gasteiger partial charge in [-0.2, -0.15) is 5.26 Å². The Kier molecular flexibility index (Phi) is 4.47. The highest BCUT2D eigenvalue weighted by molar-refractivity contribution is 6.36. The molecular formula is C16H13Cl2N. The maximum absolute atomic E-state index is 9.38. The molecule has 0 fully saturated rings. The summed E-state index contributed by atoms with van der Waals surface area (Å²) >= 11 is 12.3. The predicted octanol–water partition coefficient (Wildman–Crippen LogP) is 5.15. The topological polar surface area (TPSA) is 23.8 Å². The first kappa shape index (κ1) is 13.9. The maximum Gasteiger partial charge on any atom is 0.0782 e. The van der Waals surface area contributed by atoms with Gasteiger partial charge < -0.3 is 0 Å². The van der Waals surface area contributed by atoms with E-state index in [4.69, 9.17) is 23.2 Å². The van der Waals surface area contributed by atoms with Crippen LogP contribution in [-0.4, -0.2) is 0 Å². The number of benzene rings is 2. The minimum atomic E-state index is -0.330. The molecule has 0 aliphatic heterocycles. The van der Waals surface area contributed by atoms with E-state index < -0.39 is 0 Å². The molecule has 0 saturated carbocycles. The summed E-state index contributed by atoms with van der Waals surface area (Å²) in [6.45, 7) is 2.04. The lowest BCUT2D eigenvalue weighted by Crippen LogP contribution is -2.02. The van der Waals surface area contributed by atoms with Crippen molar-refractivity contribution in [3.8, 4) is 6.07 Å². The average Bonchev–Trinajstić information content (AvgIpc) is 2.39. The van der Waals surface area contributed by atoms with Crippen LogP contribution in [0.3, 0.4) is 0 Å². The first-order chi connectivity index (χ1) is 9.11. The van der Waals surface area contributed by atoms with Gasteiger partial charge >= 0.3 is 0 Å². The molecule has 2 rings (SSSR count). The summed E-state index contributed by atoms with van der Waals surface area (Å²) < 4.78 is 0. The van der Waals surface area contributed by atoms with E-state index in [0.29, 0.717) is 22.0 Å². The normalized spacial score (nSPS) is 11.9. The predicted molar refractivity (Wildman–Crippen MR) is 79.7 cm³/mol. The van der Waals surface area contributed by atoms with Gasteiger partial charge in [0.05, 0.1) is 12.0 Å². The molecule has 0 saturated heterocycles. The zero-order valence-corrected chi connectivity index (χ0v) is 12.0. The molecule has 0 bridgehead atoms. The van der Waals surface area contributed by atoms with Crippen molar-refractivity contribution in [3.63, 3.8) is 0 Å². The van der Waals surface area contributed by atoms with Gasteiger partial charge in [-0.1, -0.05) is 59.1 Å². The molecule has 0 amide bonds. The average molecular weight is 290 g/mol. The Morgan fingerprint density at radius 3 is 2.16 bits per heavy atom. The molecule has 0 radical (unpaired) electrons. The Labute approximate surface area is 123 Å². The van der Waals surface area contributed by atoms with Crippen LogP contribution in [0.4, 0.5) is 0 Å². The molecule has 0 aliphatic carbocycles. The SMILES string of the molecule is Cc1ccc(CC(C#N)c2c(Cl)cccc2Cl)cc1. The summed E-state index contributed by atoms with van der Waals surface area (Å²) in [6.07, 6.45) is 0.611. The summed E-state index contributed by atoms with van der Waals surface area (Å²) in [6, 6.07) is 15.8. The Balaban J connectivity index is 2.31. The number of nitrogens with zero attached hydrogens (tertiary/aromatic N) is 1. The Morgan fingerprint density at radius 2 is 1.63 bits per heavy atom. The monoisotopic (exact) mass is 289 g/mol. The van der Waals surface area contributed by atoms with Crippen molar-refractivity contribution in [1.82, 2.24) is 0 Å². The van der Waals surface area contributed by atoms with Crippen molar-refractivity contribution in [2.24, 2.45) is 0 Å². The zero-order valence-electron chi connectivity index (χ0n) is 10.5. The van der Waals surface area contributed by atoms with Gasteiger partial charge in [0.1, 0.15) is 0 Å². The van der Waals surface area contributed by atoms with E-state index in [1.807, 2.05) is 31.2 Å². The summed E-state index contributed by atoms with van der Waals surface area (Å²) in [5.41, 5.74) is 3.02. The molecule has 0 N–H and O–H groups in total. The molecule has 1 atom stereocenters. The van der Waals surface area contributed by atoms with Crippen molar-refractivity contribution in [3.05, 3.63) is 69.2 Å². The van der Waals surface area contributed by atoms with Crippen molar-refractivity contribution in [1.29, 1.82) is 5.26 Å². The summed E-state index contributed by atoms with van der Waals surface area (Å²) in [4.78, 5) is 0. The van der Waals surface area contributed by atoms with Crippen LogP contribution in [0.25, 0.3) is 0 Å². The van der Waals surface area contributed by atoms with Crippen LogP contribution in [-0.2, 0) is 6.42 Å². The van der Waals surface area contributed by atoms with Crippen LogP contribution in [0.1, 0.15) is 22.6 Å². The fourth-order valence-corrected chi connectivity index (χ4v) is 2.68. The minimum absolute atomic E-state index is 0.330. The van der Waals surface area contributed by atoms with Gasteiger partial charge in [-0.05, 0) is 31.0 Å². The summed E-state index contributed by atoms with van der Waals surface area (Å²) in [7, 11) is 0. The van der Waals surface area contributed by atoms with E-state index in [0.717, 1.165) is 5.56 Å². The van der Waals surface area contributed by atoms with Crippen LogP contribution in [0, 0.1) is 18.3 Å². The smallest absolute Gasteiger partial charge is 0.0782 e. The minimum Gasteiger partial charge on any atom is -0.198 e. The number of nitriles is 1. The molecule has 2 aromatic rings. The van der Waals surface area contributed by atoms with Gasteiger partial charge in [0.2, 0.25) is 0 Å². The number of hydrogen-bond donors (Lipinski definition) is 0. The second kappa shape index (κ2) is 6.10. The van der Waals surface area contributed by atoms with Gasteiger partial charge in [0.15, 0.2) is 0 Å². The third-order valence-corrected chi connectivity index (χ3v) is 3.72. The van der Waals surface area contributed by atoms with E-state index in [2.05, 4.69) is 6.07 Å². The molecule has 96 valence electrons. The Morgan fingerprint density at radius 1 is 1.05 bits per heavy atom. The molecule has 0 spiro atoms. The maximum atomic E-state index is 9.38.